The van der Waals surface area contributed by atoms with Gasteiger partial charge in [0.15, 0.2) is 28.7 Å². The summed E-state index contributed by atoms with van der Waals surface area (Å²) in [5, 5.41) is 46.6. The molecule has 0 saturated heterocycles. The minimum atomic E-state index is -2.70. The van der Waals surface area contributed by atoms with Crippen LogP contribution in [-0.4, -0.2) is 54.9 Å². The summed E-state index contributed by atoms with van der Waals surface area (Å²) in [6.07, 6.45) is 0.00445. The van der Waals surface area contributed by atoms with Crippen molar-refractivity contribution in [1.82, 2.24) is 0 Å². The molecule has 0 amide bonds. The molecule has 0 bridgehead atoms. The van der Waals surface area contributed by atoms with E-state index in [2.05, 4.69) is 0 Å². The first-order valence-corrected chi connectivity index (χ1v) is 14.7. The van der Waals surface area contributed by atoms with E-state index in [4.69, 9.17) is 0 Å². The molecule has 228 valence electrons. The number of phenolic OH excluding ortho intramolecular Hbond substituents is 1. The normalized spacial score (nSPS) is 30.0. The molecule has 2 aromatic rings. The Kier molecular flexibility index (Phi) is 6.29. The van der Waals surface area contributed by atoms with Crippen LogP contribution < -0.4 is 0 Å². The first-order valence-electron chi connectivity index (χ1n) is 14.7. The highest BCUT2D eigenvalue weighted by Crippen LogP contribution is 2.65. The zero-order valence-electron chi connectivity index (χ0n) is 25.1. The van der Waals surface area contributed by atoms with Gasteiger partial charge in [0.25, 0.3) is 0 Å². The van der Waals surface area contributed by atoms with E-state index in [-0.39, 0.29) is 47.5 Å². The molecule has 0 aromatic heterocycles. The number of carbonyl (C=O) groups excluding carboxylic acids is 5. The zero-order valence-corrected chi connectivity index (χ0v) is 25.1. The highest BCUT2D eigenvalue weighted by atomic mass is 16.3. The van der Waals surface area contributed by atoms with E-state index < -0.39 is 74.4 Å². The van der Waals surface area contributed by atoms with Crippen molar-refractivity contribution in [2.75, 3.05) is 0 Å². The maximum atomic E-state index is 14.4. The molecule has 4 atom stereocenters. The third-order valence-corrected chi connectivity index (χ3v) is 10.5. The Hall–Kier alpha value is -4.37. The second-order valence-electron chi connectivity index (χ2n) is 13.6. The maximum absolute atomic E-state index is 14.4. The van der Waals surface area contributed by atoms with Crippen LogP contribution >= 0.6 is 0 Å². The molecule has 0 spiro atoms. The molecule has 6 rings (SSSR count). The van der Waals surface area contributed by atoms with Crippen molar-refractivity contribution >= 4 is 34.7 Å². The molecule has 4 aliphatic rings. The van der Waals surface area contributed by atoms with Gasteiger partial charge in [-0.15, -0.1) is 0 Å². The molecule has 1 saturated carbocycles. The Morgan fingerprint density at radius 3 is 2.07 bits per heavy atom. The van der Waals surface area contributed by atoms with Crippen molar-refractivity contribution in [2.45, 2.75) is 59.5 Å². The summed E-state index contributed by atoms with van der Waals surface area (Å²) >= 11 is 0. The van der Waals surface area contributed by atoms with Gasteiger partial charge in [0.2, 0.25) is 5.78 Å². The molecular formula is C35H34O9. The van der Waals surface area contributed by atoms with Crippen molar-refractivity contribution in [3.63, 3.8) is 0 Å². The summed E-state index contributed by atoms with van der Waals surface area (Å²) in [5.41, 5.74) is -4.93. The van der Waals surface area contributed by atoms with Crippen LogP contribution in [0.2, 0.25) is 0 Å². The number of aromatic hydroxyl groups is 1. The molecule has 0 heterocycles. The van der Waals surface area contributed by atoms with Crippen molar-refractivity contribution in [2.24, 2.45) is 28.6 Å². The molecular weight excluding hydrogens is 564 g/mol. The number of benzene rings is 2. The van der Waals surface area contributed by atoms with Crippen molar-refractivity contribution < 1.29 is 44.4 Å². The molecule has 9 nitrogen and oxygen atoms in total. The Bertz CT molecular complexity index is 1770. The topological polar surface area (TPSA) is 166 Å². The van der Waals surface area contributed by atoms with Crippen molar-refractivity contribution in [3.05, 3.63) is 81.1 Å². The molecule has 44 heavy (non-hydrogen) atoms. The van der Waals surface area contributed by atoms with Gasteiger partial charge in [-0.25, -0.2) is 0 Å². The maximum Gasteiger partial charge on any atom is 0.203 e. The molecule has 1 unspecified atom stereocenters. The van der Waals surface area contributed by atoms with E-state index in [1.807, 2.05) is 0 Å². The SMILES string of the molecule is CC(=O)C1=C(O)[C@]2(O)C(=O)C3=C(O)c4c(ccc(CC5C(=O)c6ccccc6C5=O)c4O)C[C@]3(C)C[C@]2(C)C(C(C)C)C1=O. The number of rotatable bonds is 4. The van der Waals surface area contributed by atoms with Crippen LogP contribution in [0, 0.1) is 28.6 Å². The molecule has 0 radical (unpaired) electrons. The average Bonchev–Trinajstić information content (AvgIpc) is 3.16. The number of phenols is 1. The van der Waals surface area contributed by atoms with Crippen molar-refractivity contribution in [3.8, 4) is 5.75 Å². The molecule has 4 N–H and O–H groups in total. The van der Waals surface area contributed by atoms with Gasteiger partial charge in [0.05, 0.1) is 11.5 Å². The van der Waals surface area contributed by atoms with Crippen LogP contribution in [0.25, 0.3) is 5.76 Å². The Morgan fingerprint density at radius 1 is 0.932 bits per heavy atom. The second-order valence-corrected chi connectivity index (χ2v) is 13.6. The molecule has 1 fully saturated rings. The lowest BCUT2D eigenvalue weighted by Gasteiger charge is -2.59. The van der Waals surface area contributed by atoms with Gasteiger partial charge in [-0.3, -0.25) is 24.0 Å². The van der Waals surface area contributed by atoms with Crippen LogP contribution in [-0.2, 0) is 27.2 Å². The molecule has 4 aliphatic carbocycles. The molecule has 2 aromatic carbocycles. The zero-order chi connectivity index (χ0) is 32.3. The number of aliphatic hydroxyl groups excluding tert-OH is 2. The number of fused-ring (bicyclic) bond motifs is 4. The molecule has 0 aliphatic heterocycles. The van der Waals surface area contributed by atoms with Crippen LogP contribution in [0.1, 0.15) is 78.4 Å². The molecule has 9 heteroatoms. The minimum absolute atomic E-state index is 0.00322. The highest BCUT2D eigenvalue weighted by molar-refractivity contribution is 6.27. The fraction of sp³-hybridized carbons (Fsp3) is 0.400. The first kappa shape index (κ1) is 29.7. The van der Waals surface area contributed by atoms with Gasteiger partial charge in [-0.2, -0.15) is 0 Å². The summed E-state index contributed by atoms with van der Waals surface area (Å²) in [7, 11) is 0. The lowest BCUT2D eigenvalue weighted by molar-refractivity contribution is -0.178. The van der Waals surface area contributed by atoms with Gasteiger partial charge in [-0.1, -0.05) is 64.1 Å². The van der Waals surface area contributed by atoms with E-state index in [0.29, 0.717) is 16.7 Å². The van der Waals surface area contributed by atoms with Gasteiger partial charge in [0, 0.05) is 33.4 Å². The fourth-order valence-electron chi connectivity index (χ4n) is 8.73. The van der Waals surface area contributed by atoms with Crippen LogP contribution in [0.4, 0.5) is 0 Å². The van der Waals surface area contributed by atoms with Gasteiger partial charge in [-0.05, 0) is 43.2 Å². The van der Waals surface area contributed by atoms with E-state index >= 15 is 0 Å². The summed E-state index contributed by atoms with van der Waals surface area (Å²) in [6.45, 7) is 7.86. The van der Waals surface area contributed by atoms with E-state index in [0.717, 1.165) is 6.92 Å². The van der Waals surface area contributed by atoms with Gasteiger partial charge < -0.3 is 20.4 Å². The standard InChI is InChI=1S/C35H34O9/c1-15(2)24-29(40)22(16(3)36)31(42)35(44)32(43)25-30(41)23-18(13-33(25,4)14-34(24,35)5)11-10-17(26(23)37)12-21-27(38)19-8-6-7-9-20(19)28(21)39/h6-11,15,21,24,37,41-42,44H,12-14H2,1-5H3/t24?,33-,34-,35+/m1/s1. The number of hydrogen-bond donors (Lipinski definition) is 4. The monoisotopic (exact) mass is 598 g/mol. The Labute approximate surface area is 253 Å². The first-order chi connectivity index (χ1) is 20.5. The summed E-state index contributed by atoms with van der Waals surface area (Å²) in [4.78, 5) is 66.6. The minimum Gasteiger partial charge on any atom is -0.508 e. The lowest BCUT2D eigenvalue weighted by Crippen LogP contribution is -2.69. The number of allylic oxidation sites excluding steroid dienone is 1. The third kappa shape index (κ3) is 3.53. The van der Waals surface area contributed by atoms with E-state index in [1.54, 1.807) is 64.1 Å². The van der Waals surface area contributed by atoms with Crippen molar-refractivity contribution in [1.29, 1.82) is 0 Å². The summed E-state index contributed by atoms with van der Waals surface area (Å²) < 4.78 is 0. The van der Waals surface area contributed by atoms with Gasteiger partial charge in [0.1, 0.15) is 22.8 Å². The van der Waals surface area contributed by atoms with Crippen LogP contribution in [0.15, 0.2) is 53.3 Å². The van der Waals surface area contributed by atoms with Crippen LogP contribution in [0.5, 0.6) is 5.75 Å². The van der Waals surface area contributed by atoms with Gasteiger partial charge >= 0.3 is 0 Å². The third-order valence-electron chi connectivity index (χ3n) is 10.5. The van der Waals surface area contributed by atoms with E-state index in [1.165, 1.54) is 0 Å². The number of carbonyl (C=O) groups is 5. The second kappa shape index (κ2) is 9.32. The fourth-order valence-corrected chi connectivity index (χ4v) is 8.73. The predicted octanol–water partition coefficient (Wildman–Crippen LogP) is 4.43. The smallest absolute Gasteiger partial charge is 0.203 e. The lowest BCUT2D eigenvalue weighted by atomic mass is 9.43. The predicted molar refractivity (Wildman–Crippen MR) is 158 cm³/mol. The number of hydrogen-bond acceptors (Lipinski definition) is 9. The Morgan fingerprint density at radius 2 is 1.52 bits per heavy atom. The quantitative estimate of drug-likeness (QED) is 0.294. The average molecular weight is 599 g/mol. The largest absolute Gasteiger partial charge is 0.508 e. The Balaban J connectivity index is 1.49. The van der Waals surface area contributed by atoms with E-state index in [9.17, 15) is 44.4 Å². The summed E-state index contributed by atoms with van der Waals surface area (Å²) in [5.74, 6) is -7.69. The highest BCUT2D eigenvalue weighted by Gasteiger charge is 2.72. The number of ketones is 5. The number of aliphatic hydroxyl groups is 3. The van der Waals surface area contributed by atoms with Crippen LogP contribution in [0.3, 0.4) is 0 Å². The number of Topliss-reactive ketones (excluding diaryl/α,β-unsaturated/α-hetero) is 5. The summed E-state index contributed by atoms with van der Waals surface area (Å²) in [6, 6.07) is 9.76.